The summed E-state index contributed by atoms with van der Waals surface area (Å²) in [6, 6.07) is 17.2. The van der Waals surface area contributed by atoms with E-state index in [0.29, 0.717) is 18.2 Å². The fraction of sp³-hybridized carbons (Fsp3) is 0.190. The summed E-state index contributed by atoms with van der Waals surface area (Å²) in [5, 5.41) is 6.20. The number of rotatable bonds is 6. The van der Waals surface area contributed by atoms with Crippen LogP contribution in [0.3, 0.4) is 0 Å². The molecule has 1 aromatic carbocycles. The van der Waals surface area contributed by atoms with Crippen LogP contribution in [0, 0.1) is 0 Å². The molecule has 0 aliphatic heterocycles. The van der Waals surface area contributed by atoms with Crippen molar-refractivity contribution in [1.29, 1.82) is 0 Å². The Morgan fingerprint density at radius 1 is 1.00 bits per heavy atom. The number of para-hydroxylation sites is 1. The summed E-state index contributed by atoms with van der Waals surface area (Å²) < 4.78 is 0. The first-order chi connectivity index (χ1) is 12.6. The number of carbonyl (C=O) groups is 1. The fourth-order valence-corrected chi connectivity index (χ4v) is 2.63. The second-order valence-corrected chi connectivity index (χ2v) is 6.30. The number of hydrogen-bond donors (Lipinski definition) is 2. The summed E-state index contributed by atoms with van der Waals surface area (Å²) in [5.74, 6) is 0.118. The predicted octanol–water partition coefficient (Wildman–Crippen LogP) is 4.46. The van der Waals surface area contributed by atoms with Gasteiger partial charge in [-0.25, -0.2) is 4.98 Å². The van der Waals surface area contributed by atoms with Crippen molar-refractivity contribution in [3.05, 3.63) is 83.9 Å². The van der Waals surface area contributed by atoms with Gasteiger partial charge in [0.05, 0.1) is 24.1 Å². The van der Waals surface area contributed by atoms with Gasteiger partial charge in [-0.1, -0.05) is 38.1 Å². The van der Waals surface area contributed by atoms with Crippen molar-refractivity contribution in [3.63, 3.8) is 0 Å². The van der Waals surface area contributed by atoms with Crippen molar-refractivity contribution in [3.8, 4) is 0 Å². The molecule has 1 amide bonds. The SMILES string of the molecule is CC(C)c1ccccc1NC(=O)c1ccc(NCc2ccccn2)cn1. The minimum absolute atomic E-state index is 0.214. The van der Waals surface area contributed by atoms with Crippen LogP contribution in [-0.4, -0.2) is 15.9 Å². The summed E-state index contributed by atoms with van der Waals surface area (Å²) in [6.45, 7) is 4.81. The molecule has 0 aliphatic carbocycles. The average molecular weight is 346 g/mol. The number of carbonyl (C=O) groups excluding carboxylic acids is 1. The first-order valence-electron chi connectivity index (χ1n) is 8.63. The first-order valence-corrected chi connectivity index (χ1v) is 8.63. The maximum absolute atomic E-state index is 12.5. The van der Waals surface area contributed by atoms with Gasteiger partial charge >= 0.3 is 0 Å². The van der Waals surface area contributed by atoms with E-state index in [1.165, 1.54) is 0 Å². The average Bonchev–Trinajstić information content (AvgIpc) is 2.68. The molecule has 0 saturated heterocycles. The molecule has 0 spiro atoms. The highest BCUT2D eigenvalue weighted by Crippen LogP contribution is 2.24. The number of nitrogens with zero attached hydrogens (tertiary/aromatic N) is 2. The summed E-state index contributed by atoms with van der Waals surface area (Å²) in [6.07, 6.45) is 3.42. The van der Waals surface area contributed by atoms with Crippen molar-refractivity contribution in [2.45, 2.75) is 26.3 Å². The topological polar surface area (TPSA) is 66.9 Å². The van der Waals surface area contributed by atoms with Crippen molar-refractivity contribution in [2.24, 2.45) is 0 Å². The zero-order valence-corrected chi connectivity index (χ0v) is 14.9. The van der Waals surface area contributed by atoms with Gasteiger partial charge in [0.1, 0.15) is 5.69 Å². The Morgan fingerprint density at radius 2 is 1.81 bits per heavy atom. The molecule has 26 heavy (non-hydrogen) atoms. The predicted molar refractivity (Wildman–Crippen MR) is 104 cm³/mol. The molecular formula is C21H22N4O. The summed E-state index contributed by atoms with van der Waals surface area (Å²) in [5.41, 5.74) is 4.10. The van der Waals surface area contributed by atoms with E-state index in [2.05, 4.69) is 34.4 Å². The van der Waals surface area contributed by atoms with Crippen LogP contribution in [0.15, 0.2) is 67.0 Å². The second kappa shape index (κ2) is 8.25. The van der Waals surface area contributed by atoms with Gasteiger partial charge in [0, 0.05) is 11.9 Å². The fourth-order valence-electron chi connectivity index (χ4n) is 2.63. The number of amides is 1. The standard InChI is InChI=1S/C21H22N4O/c1-15(2)18-8-3-4-9-19(18)25-21(26)20-11-10-17(14-24-20)23-13-16-7-5-6-12-22-16/h3-12,14-15,23H,13H2,1-2H3,(H,25,26). The lowest BCUT2D eigenvalue weighted by molar-refractivity contribution is 0.102. The molecule has 0 fully saturated rings. The Bertz CT molecular complexity index is 861. The lowest BCUT2D eigenvalue weighted by atomic mass is 10.0. The van der Waals surface area contributed by atoms with Crippen LogP contribution >= 0.6 is 0 Å². The zero-order chi connectivity index (χ0) is 18.4. The zero-order valence-electron chi connectivity index (χ0n) is 14.9. The molecule has 2 heterocycles. The van der Waals surface area contributed by atoms with Gasteiger partial charge in [0.2, 0.25) is 0 Å². The van der Waals surface area contributed by atoms with E-state index in [0.717, 1.165) is 22.6 Å². The van der Waals surface area contributed by atoms with E-state index in [9.17, 15) is 4.79 Å². The number of anilines is 2. The maximum Gasteiger partial charge on any atom is 0.274 e. The molecular weight excluding hydrogens is 324 g/mol. The smallest absolute Gasteiger partial charge is 0.274 e. The Hall–Kier alpha value is -3.21. The van der Waals surface area contributed by atoms with Gasteiger partial charge in [-0.3, -0.25) is 9.78 Å². The van der Waals surface area contributed by atoms with Gasteiger partial charge in [0.15, 0.2) is 0 Å². The molecule has 5 heteroatoms. The molecule has 5 nitrogen and oxygen atoms in total. The van der Waals surface area contributed by atoms with Crippen LogP contribution in [0.2, 0.25) is 0 Å². The molecule has 0 bridgehead atoms. The third-order valence-corrected chi connectivity index (χ3v) is 4.03. The Labute approximate surface area is 153 Å². The number of aromatic nitrogens is 2. The summed E-state index contributed by atoms with van der Waals surface area (Å²) in [7, 11) is 0. The van der Waals surface area contributed by atoms with Crippen LogP contribution < -0.4 is 10.6 Å². The van der Waals surface area contributed by atoms with Gasteiger partial charge < -0.3 is 10.6 Å². The largest absolute Gasteiger partial charge is 0.378 e. The van der Waals surface area contributed by atoms with Crippen LogP contribution in [0.1, 0.15) is 41.5 Å². The number of benzene rings is 1. The van der Waals surface area contributed by atoms with E-state index in [1.54, 1.807) is 18.5 Å². The number of pyridine rings is 2. The van der Waals surface area contributed by atoms with E-state index in [1.807, 2.05) is 48.5 Å². The third kappa shape index (κ3) is 4.45. The van der Waals surface area contributed by atoms with Crippen molar-refractivity contribution in [2.75, 3.05) is 10.6 Å². The molecule has 0 saturated carbocycles. The van der Waals surface area contributed by atoms with Crippen molar-refractivity contribution >= 4 is 17.3 Å². The third-order valence-electron chi connectivity index (χ3n) is 4.03. The Kier molecular flexibility index (Phi) is 5.59. The van der Waals surface area contributed by atoms with E-state index >= 15 is 0 Å². The monoisotopic (exact) mass is 346 g/mol. The molecule has 2 aromatic heterocycles. The molecule has 3 rings (SSSR count). The molecule has 0 aliphatic rings. The quantitative estimate of drug-likeness (QED) is 0.691. The number of nitrogens with one attached hydrogen (secondary N) is 2. The highest BCUT2D eigenvalue weighted by Gasteiger charge is 2.11. The minimum atomic E-state index is -0.214. The highest BCUT2D eigenvalue weighted by molar-refractivity contribution is 6.03. The van der Waals surface area contributed by atoms with Crippen LogP contribution in [0.5, 0.6) is 0 Å². The van der Waals surface area contributed by atoms with Gasteiger partial charge in [0.25, 0.3) is 5.91 Å². The molecule has 0 atom stereocenters. The first kappa shape index (κ1) is 17.6. The molecule has 2 N–H and O–H groups in total. The van der Waals surface area contributed by atoms with Gasteiger partial charge in [-0.2, -0.15) is 0 Å². The Morgan fingerprint density at radius 3 is 2.50 bits per heavy atom. The molecule has 0 radical (unpaired) electrons. The lowest BCUT2D eigenvalue weighted by Gasteiger charge is -2.13. The second-order valence-electron chi connectivity index (χ2n) is 6.30. The maximum atomic E-state index is 12.5. The highest BCUT2D eigenvalue weighted by atomic mass is 16.1. The van der Waals surface area contributed by atoms with E-state index in [-0.39, 0.29) is 5.91 Å². The molecule has 0 unspecified atom stereocenters. The van der Waals surface area contributed by atoms with Crippen LogP contribution in [0.4, 0.5) is 11.4 Å². The van der Waals surface area contributed by atoms with Gasteiger partial charge in [-0.05, 0) is 41.8 Å². The Balaban J connectivity index is 1.64. The summed E-state index contributed by atoms with van der Waals surface area (Å²) in [4.78, 5) is 21.0. The van der Waals surface area contributed by atoms with Crippen LogP contribution in [-0.2, 0) is 6.54 Å². The normalized spacial score (nSPS) is 10.6. The van der Waals surface area contributed by atoms with Crippen molar-refractivity contribution in [1.82, 2.24) is 9.97 Å². The molecule has 3 aromatic rings. The van der Waals surface area contributed by atoms with Gasteiger partial charge in [-0.15, -0.1) is 0 Å². The molecule has 132 valence electrons. The minimum Gasteiger partial charge on any atom is -0.378 e. The van der Waals surface area contributed by atoms with Crippen molar-refractivity contribution < 1.29 is 4.79 Å². The van der Waals surface area contributed by atoms with E-state index in [4.69, 9.17) is 0 Å². The summed E-state index contributed by atoms with van der Waals surface area (Å²) >= 11 is 0. The number of hydrogen-bond acceptors (Lipinski definition) is 4. The lowest BCUT2D eigenvalue weighted by Crippen LogP contribution is -2.15. The van der Waals surface area contributed by atoms with E-state index < -0.39 is 0 Å². The van der Waals surface area contributed by atoms with Crippen LogP contribution in [0.25, 0.3) is 0 Å².